The molecular weight excluding hydrogens is 370 g/mol. The van der Waals surface area contributed by atoms with Crippen LogP contribution in [0.25, 0.3) is 11.2 Å². The highest BCUT2D eigenvalue weighted by molar-refractivity contribution is 9.10. The van der Waals surface area contributed by atoms with Crippen LogP contribution in [0.2, 0.25) is 0 Å². The van der Waals surface area contributed by atoms with E-state index >= 15 is 0 Å². The Kier molecular flexibility index (Phi) is 6.88. The van der Waals surface area contributed by atoms with Gasteiger partial charge in [-0.25, -0.2) is 0 Å². The Balaban J connectivity index is 2.13. The summed E-state index contributed by atoms with van der Waals surface area (Å²) in [6, 6.07) is 1.83. The zero-order chi connectivity index (χ0) is 15.9. The minimum Gasteiger partial charge on any atom is -0.458 e. The molecule has 2 aromatic rings. The lowest BCUT2D eigenvalue weighted by molar-refractivity contribution is 0.0738. The van der Waals surface area contributed by atoms with Gasteiger partial charge in [-0.15, -0.1) is 0 Å². The number of nitrogens with zero attached hydrogens (tertiary/aromatic N) is 1. The number of hydrogen-bond donors (Lipinski definition) is 0. The summed E-state index contributed by atoms with van der Waals surface area (Å²) >= 11 is 8.79. The maximum absolute atomic E-state index is 5.94. The summed E-state index contributed by atoms with van der Waals surface area (Å²) in [5, 5.41) is 0. The average Bonchev–Trinajstić information content (AvgIpc) is 2.88. The zero-order valence-corrected chi connectivity index (χ0v) is 15.2. The van der Waals surface area contributed by atoms with E-state index in [9.17, 15) is 0 Å². The Bertz CT molecular complexity index is 655. The molecule has 0 spiro atoms. The number of halogens is 1. The summed E-state index contributed by atoms with van der Waals surface area (Å²) in [7, 11) is 1.66. The Labute approximate surface area is 143 Å². The van der Waals surface area contributed by atoms with E-state index in [0.717, 1.165) is 29.9 Å². The summed E-state index contributed by atoms with van der Waals surface area (Å²) in [4.78, 5) is 2.13. The largest absolute Gasteiger partial charge is 0.458 e. The first kappa shape index (κ1) is 17.5. The van der Waals surface area contributed by atoms with Crippen LogP contribution >= 0.6 is 28.1 Å². The van der Waals surface area contributed by atoms with Gasteiger partial charge in [0.15, 0.2) is 17.1 Å². The van der Waals surface area contributed by atoms with Gasteiger partial charge < -0.3 is 23.2 Å². The molecular formula is C15H20BrNO4S. The molecule has 5 nitrogen and oxygen atoms in total. The van der Waals surface area contributed by atoms with Gasteiger partial charge in [-0.05, 0) is 22.4 Å². The number of furan rings is 1. The Morgan fingerprint density at radius 3 is 2.77 bits per heavy atom. The van der Waals surface area contributed by atoms with E-state index in [2.05, 4.69) is 27.8 Å². The van der Waals surface area contributed by atoms with Crippen molar-refractivity contribution in [3.8, 4) is 0 Å². The maximum Gasteiger partial charge on any atom is 0.197 e. The van der Waals surface area contributed by atoms with Gasteiger partial charge in [0.25, 0.3) is 0 Å². The third-order valence-corrected chi connectivity index (χ3v) is 3.98. The van der Waals surface area contributed by atoms with Crippen LogP contribution in [0, 0.1) is 4.51 Å². The van der Waals surface area contributed by atoms with Crippen LogP contribution in [0.1, 0.15) is 13.3 Å². The highest BCUT2D eigenvalue weighted by atomic mass is 79.9. The Morgan fingerprint density at radius 2 is 2.05 bits per heavy atom. The lowest BCUT2D eigenvalue weighted by atomic mass is 10.3. The predicted octanol–water partition coefficient (Wildman–Crippen LogP) is 4.40. The molecule has 0 aliphatic rings. The molecule has 7 heteroatoms. The topological polar surface area (TPSA) is 48.0 Å². The Hall–Kier alpha value is -0.890. The van der Waals surface area contributed by atoms with Crippen molar-refractivity contribution in [3.63, 3.8) is 0 Å². The quantitative estimate of drug-likeness (QED) is 0.467. The molecule has 0 saturated heterocycles. The molecule has 0 aromatic carbocycles. The fourth-order valence-corrected chi connectivity index (χ4v) is 2.68. The molecule has 2 aromatic heterocycles. The van der Waals surface area contributed by atoms with E-state index in [-0.39, 0.29) is 0 Å². The second-order valence-corrected chi connectivity index (χ2v) is 6.08. The van der Waals surface area contributed by atoms with Gasteiger partial charge in [-0.1, -0.05) is 19.1 Å². The average molecular weight is 390 g/mol. The number of hydrogen-bond acceptors (Lipinski definition) is 6. The van der Waals surface area contributed by atoms with Crippen molar-refractivity contribution in [1.82, 2.24) is 0 Å². The van der Waals surface area contributed by atoms with Crippen molar-refractivity contribution >= 4 is 45.2 Å². The van der Waals surface area contributed by atoms with E-state index in [1.807, 2.05) is 6.07 Å². The molecule has 0 amide bonds. The molecule has 0 aliphatic heterocycles. The molecule has 122 valence electrons. The molecule has 0 atom stereocenters. The SMILES string of the molecule is CCCN(CCOCCOC)c1cc(=S)c2occ(Br)c2o1. The normalized spacial score (nSPS) is 11.2. The summed E-state index contributed by atoms with van der Waals surface area (Å²) in [6.45, 7) is 5.52. The predicted molar refractivity (Wildman–Crippen MR) is 92.2 cm³/mol. The maximum atomic E-state index is 5.94. The minimum atomic E-state index is 0.589. The van der Waals surface area contributed by atoms with Crippen molar-refractivity contribution in [2.75, 3.05) is 44.9 Å². The van der Waals surface area contributed by atoms with E-state index in [0.29, 0.717) is 35.5 Å². The monoisotopic (exact) mass is 389 g/mol. The van der Waals surface area contributed by atoms with Crippen molar-refractivity contribution in [2.24, 2.45) is 0 Å². The van der Waals surface area contributed by atoms with E-state index in [1.165, 1.54) is 0 Å². The molecule has 2 rings (SSSR count). The number of methoxy groups -OCH3 is 1. The molecule has 0 aliphatic carbocycles. The molecule has 22 heavy (non-hydrogen) atoms. The van der Waals surface area contributed by atoms with E-state index < -0.39 is 0 Å². The van der Waals surface area contributed by atoms with Gasteiger partial charge in [0.2, 0.25) is 0 Å². The van der Waals surface area contributed by atoms with Crippen molar-refractivity contribution in [1.29, 1.82) is 0 Å². The van der Waals surface area contributed by atoms with Gasteiger partial charge in [-0.2, -0.15) is 0 Å². The van der Waals surface area contributed by atoms with Crippen molar-refractivity contribution in [2.45, 2.75) is 13.3 Å². The number of fused-ring (bicyclic) bond motifs is 1. The molecule has 0 fully saturated rings. The first-order chi connectivity index (χ1) is 10.7. The highest BCUT2D eigenvalue weighted by Gasteiger charge is 2.14. The van der Waals surface area contributed by atoms with Crippen LogP contribution in [0.5, 0.6) is 0 Å². The molecule has 0 N–H and O–H groups in total. The summed E-state index contributed by atoms with van der Waals surface area (Å²) < 4.78 is 23.3. The van der Waals surface area contributed by atoms with Crippen LogP contribution in [-0.4, -0.2) is 40.0 Å². The number of anilines is 1. The van der Waals surface area contributed by atoms with Crippen molar-refractivity contribution < 1.29 is 18.3 Å². The number of ether oxygens (including phenoxy) is 2. The van der Waals surface area contributed by atoms with Crippen LogP contribution in [0.3, 0.4) is 0 Å². The first-order valence-electron chi connectivity index (χ1n) is 7.19. The highest BCUT2D eigenvalue weighted by Crippen LogP contribution is 2.31. The van der Waals surface area contributed by atoms with E-state index in [4.69, 9.17) is 30.5 Å². The number of rotatable bonds is 9. The molecule has 0 unspecified atom stereocenters. The summed E-state index contributed by atoms with van der Waals surface area (Å²) in [5.74, 6) is 0.733. The molecule has 2 heterocycles. The third-order valence-electron chi connectivity index (χ3n) is 3.13. The fraction of sp³-hybridized carbons (Fsp3) is 0.533. The Morgan fingerprint density at radius 1 is 1.23 bits per heavy atom. The third kappa shape index (κ3) is 4.32. The minimum absolute atomic E-state index is 0.589. The van der Waals surface area contributed by atoms with Crippen LogP contribution in [0.4, 0.5) is 5.88 Å². The van der Waals surface area contributed by atoms with Gasteiger partial charge in [0.1, 0.15) is 6.26 Å². The van der Waals surface area contributed by atoms with Gasteiger partial charge in [0, 0.05) is 26.3 Å². The summed E-state index contributed by atoms with van der Waals surface area (Å²) in [5.41, 5.74) is 1.24. The lowest BCUT2D eigenvalue weighted by Gasteiger charge is -2.22. The second kappa shape index (κ2) is 8.67. The summed E-state index contributed by atoms with van der Waals surface area (Å²) in [6.07, 6.45) is 2.59. The zero-order valence-electron chi connectivity index (χ0n) is 12.8. The fourth-order valence-electron chi connectivity index (χ4n) is 2.08. The first-order valence-corrected chi connectivity index (χ1v) is 8.40. The molecule has 0 bridgehead atoms. The lowest BCUT2D eigenvalue weighted by Crippen LogP contribution is -2.28. The van der Waals surface area contributed by atoms with Gasteiger partial charge in [-0.3, -0.25) is 0 Å². The molecule has 0 saturated carbocycles. The van der Waals surface area contributed by atoms with E-state index in [1.54, 1.807) is 13.4 Å². The second-order valence-electron chi connectivity index (χ2n) is 4.78. The van der Waals surface area contributed by atoms with Gasteiger partial charge >= 0.3 is 0 Å². The van der Waals surface area contributed by atoms with Gasteiger partial charge in [0.05, 0.1) is 28.8 Å². The standard InChI is InChI=1S/C15H20BrNO4S/c1-3-4-17(5-6-19-8-7-18-2)13-9-12(22)15-14(21-13)11(16)10-20-15/h9-10H,3-8H2,1-2H3. The van der Waals surface area contributed by atoms with Crippen LogP contribution < -0.4 is 4.90 Å². The van der Waals surface area contributed by atoms with Crippen LogP contribution in [-0.2, 0) is 9.47 Å². The molecule has 0 radical (unpaired) electrons. The van der Waals surface area contributed by atoms with Crippen LogP contribution in [0.15, 0.2) is 25.6 Å². The van der Waals surface area contributed by atoms with Crippen molar-refractivity contribution in [3.05, 3.63) is 21.3 Å². The smallest absolute Gasteiger partial charge is 0.197 e.